The Hall–Kier alpha value is -0.850. The number of hydrogen-bond donors (Lipinski definition) is 2. The summed E-state index contributed by atoms with van der Waals surface area (Å²) in [5, 5.41) is 12.2. The minimum Gasteiger partial charge on any atom is -0.507 e. The number of aromatic hydroxyl groups is 1. The fraction of sp³-hybridized carbons (Fsp3) is 0. The number of rotatable bonds is 1. The van der Waals surface area contributed by atoms with Crippen LogP contribution >= 0.6 is 39.9 Å². The number of nitrogens with one attached hydrogen (secondary N) is 1. The summed E-state index contributed by atoms with van der Waals surface area (Å²) in [5.41, 5.74) is 0.957. The zero-order valence-electron chi connectivity index (χ0n) is 7.86. The molecule has 0 atom stereocenters. The first-order valence-corrected chi connectivity index (χ1v) is 6.31. The van der Waals surface area contributed by atoms with E-state index in [1.807, 2.05) is 0 Å². The topological polar surface area (TPSA) is 49.3 Å². The van der Waals surface area contributed by atoms with Crippen LogP contribution in [-0.2, 0) is 4.79 Å². The van der Waals surface area contributed by atoms with Gasteiger partial charge in [-0.3, -0.25) is 4.79 Å². The third kappa shape index (κ3) is 2.45. The largest absolute Gasteiger partial charge is 0.507 e. The highest BCUT2D eigenvalue weighted by atomic mass is 79.9. The molecule has 1 heterocycles. The van der Waals surface area contributed by atoms with Gasteiger partial charge >= 0.3 is 0 Å². The molecule has 3 nitrogen and oxygen atoms in total. The standard InChI is InChI=1S/C10H6BrNO2S2/c11-6-1-2-8(13)5(3-6)4-7-9(14)16-10(15)12-7/h1-4,13H,(H,12,15)/b7-4-. The molecule has 16 heavy (non-hydrogen) atoms. The average Bonchev–Trinajstić information content (AvgIpc) is 2.51. The van der Waals surface area contributed by atoms with Crippen LogP contribution in [0.4, 0.5) is 0 Å². The molecular formula is C10H6BrNO2S2. The molecular weight excluding hydrogens is 310 g/mol. The van der Waals surface area contributed by atoms with E-state index < -0.39 is 0 Å². The van der Waals surface area contributed by atoms with Gasteiger partial charge in [0.15, 0.2) is 0 Å². The summed E-state index contributed by atoms with van der Waals surface area (Å²) in [4.78, 5) is 11.4. The van der Waals surface area contributed by atoms with E-state index in [4.69, 9.17) is 12.2 Å². The molecule has 6 heteroatoms. The highest BCUT2D eigenvalue weighted by Gasteiger charge is 2.22. The Labute approximate surface area is 110 Å². The average molecular weight is 316 g/mol. The van der Waals surface area contributed by atoms with Gasteiger partial charge in [-0.15, -0.1) is 0 Å². The van der Waals surface area contributed by atoms with E-state index in [1.54, 1.807) is 24.3 Å². The van der Waals surface area contributed by atoms with Crippen LogP contribution in [0.5, 0.6) is 5.75 Å². The van der Waals surface area contributed by atoms with Crippen molar-refractivity contribution in [2.45, 2.75) is 0 Å². The molecule has 0 bridgehead atoms. The van der Waals surface area contributed by atoms with Crippen LogP contribution in [0.2, 0.25) is 0 Å². The van der Waals surface area contributed by atoms with Crippen LogP contribution in [0.3, 0.4) is 0 Å². The van der Waals surface area contributed by atoms with Gasteiger partial charge in [-0.1, -0.05) is 28.1 Å². The van der Waals surface area contributed by atoms with Crippen molar-refractivity contribution in [2.24, 2.45) is 0 Å². The minimum absolute atomic E-state index is 0.119. The fourth-order valence-electron chi connectivity index (χ4n) is 1.22. The summed E-state index contributed by atoms with van der Waals surface area (Å²) in [6.07, 6.45) is 1.58. The number of thioether (sulfide) groups is 1. The SMILES string of the molecule is O=C1SC(=S)N/C1=C\c1cc(Br)ccc1O. The molecule has 1 aromatic rings. The first kappa shape index (κ1) is 11.6. The lowest BCUT2D eigenvalue weighted by Crippen LogP contribution is -2.10. The Kier molecular flexibility index (Phi) is 3.32. The van der Waals surface area contributed by atoms with Crippen molar-refractivity contribution in [3.05, 3.63) is 33.9 Å². The number of phenols is 1. The van der Waals surface area contributed by atoms with Crippen LogP contribution in [-0.4, -0.2) is 14.5 Å². The minimum atomic E-state index is -0.135. The van der Waals surface area contributed by atoms with Crippen LogP contribution in [0.25, 0.3) is 6.08 Å². The molecule has 0 spiro atoms. The van der Waals surface area contributed by atoms with E-state index in [0.29, 0.717) is 15.6 Å². The van der Waals surface area contributed by atoms with E-state index in [-0.39, 0.29) is 10.9 Å². The maximum atomic E-state index is 11.4. The summed E-state index contributed by atoms with van der Waals surface area (Å²) in [5.74, 6) is 0.119. The van der Waals surface area contributed by atoms with Gasteiger partial charge in [0, 0.05) is 10.0 Å². The maximum Gasteiger partial charge on any atom is 0.242 e. The Morgan fingerprint density at radius 3 is 2.88 bits per heavy atom. The lowest BCUT2D eigenvalue weighted by atomic mass is 10.2. The maximum absolute atomic E-state index is 11.4. The highest BCUT2D eigenvalue weighted by Crippen LogP contribution is 2.27. The van der Waals surface area contributed by atoms with Gasteiger partial charge in [-0.05, 0) is 36.0 Å². The van der Waals surface area contributed by atoms with E-state index >= 15 is 0 Å². The molecule has 82 valence electrons. The van der Waals surface area contributed by atoms with Crippen LogP contribution in [0.1, 0.15) is 5.56 Å². The Balaban J connectivity index is 2.39. The monoisotopic (exact) mass is 315 g/mol. The molecule has 0 amide bonds. The fourth-order valence-corrected chi connectivity index (χ4v) is 2.48. The van der Waals surface area contributed by atoms with Gasteiger partial charge in [0.05, 0.1) is 5.70 Å². The number of thiocarbonyl (C=S) groups is 1. The normalized spacial score (nSPS) is 17.9. The van der Waals surface area contributed by atoms with Gasteiger partial charge in [0.2, 0.25) is 5.12 Å². The van der Waals surface area contributed by atoms with Crippen molar-refractivity contribution in [1.82, 2.24) is 5.32 Å². The summed E-state index contributed by atoms with van der Waals surface area (Å²) in [6, 6.07) is 5.01. The quantitative estimate of drug-likeness (QED) is 0.616. The van der Waals surface area contributed by atoms with Crippen molar-refractivity contribution in [1.29, 1.82) is 0 Å². The molecule has 0 aromatic heterocycles. The predicted molar refractivity (Wildman–Crippen MR) is 72.1 cm³/mol. The molecule has 2 rings (SSSR count). The van der Waals surface area contributed by atoms with Gasteiger partial charge in [0.25, 0.3) is 0 Å². The third-order valence-electron chi connectivity index (χ3n) is 1.93. The molecule has 1 aliphatic heterocycles. The second-order valence-electron chi connectivity index (χ2n) is 3.06. The van der Waals surface area contributed by atoms with Gasteiger partial charge < -0.3 is 10.4 Å². The smallest absolute Gasteiger partial charge is 0.242 e. The lowest BCUT2D eigenvalue weighted by molar-refractivity contribution is -0.107. The van der Waals surface area contributed by atoms with Crippen LogP contribution in [0.15, 0.2) is 28.4 Å². The predicted octanol–water partition coefficient (Wildman–Crippen LogP) is 2.64. The number of carbonyl (C=O) groups is 1. The first-order valence-electron chi connectivity index (χ1n) is 4.29. The number of hydrogen-bond acceptors (Lipinski definition) is 4. The molecule has 1 aliphatic rings. The molecule has 0 radical (unpaired) electrons. The number of halogens is 1. The molecule has 0 saturated carbocycles. The molecule has 1 aromatic carbocycles. The van der Waals surface area contributed by atoms with Crippen molar-refractivity contribution in [2.75, 3.05) is 0 Å². The second kappa shape index (κ2) is 4.57. The molecule has 1 fully saturated rings. The zero-order valence-corrected chi connectivity index (χ0v) is 11.1. The molecule has 0 aliphatic carbocycles. The number of benzene rings is 1. The van der Waals surface area contributed by atoms with Gasteiger partial charge in [-0.2, -0.15) is 0 Å². The Morgan fingerprint density at radius 1 is 1.50 bits per heavy atom. The second-order valence-corrected chi connectivity index (χ2v) is 5.63. The Bertz CT molecular complexity index is 514. The summed E-state index contributed by atoms with van der Waals surface area (Å²) < 4.78 is 1.27. The molecule has 0 unspecified atom stereocenters. The van der Waals surface area contributed by atoms with Crippen molar-refractivity contribution >= 4 is 55.4 Å². The molecule has 2 N–H and O–H groups in total. The van der Waals surface area contributed by atoms with Crippen LogP contribution in [0, 0.1) is 0 Å². The van der Waals surface area contributed by atoms with Crippen molar-refractivity contribution in [3.63, 3.8) is 0 Å². The lowest BCUT2D eigenvalue weighted by Gasteiger charge is -2.01. The van der Waals surface area contributed by atoms with E-state index in [2.05, 4.69) is 21.2 Å². The van der Waals surface area contributed by atoms with E-state index in [9.17, 15) is 9.90 Å². The van der Waals surface area contributed by atoms with Gasteiger partial charge in [0.1, 0.15) is 10.1 Å². The summed E-state index contributed by atoms with van der Waals surface area (Å²) in [6.45, 7) is 0. The third-order valence-corrected chi connectivity index (χ3v) is 3.47. The Morgan fingerprint density at radius 2 is 2.25 bits per heavy atom. The highest BCUT2D eigenvalue weighted by molar-refractivity contribution is 9.10. The van der Waals surface area contributed by atoms with Crippen molar-refractivity contribution in [3.8, 4) is 5.75 Å². The van der Waals surface area contributed by atoms with Crippen LogP contribution < -0.4 is 5.32 Å². The molecule has 1 saturated heterocycles. The van der Waals surface area contributed by atoms with E-state index in [0.717, 1.165) is 16.2 Å². The van der Waals surface area contributed by atoms with E-state index in [1.165, 1.54) is 0 Å². The van der Waals surface area contributed by atoms with Gasteiger partial charge in [-0.25, -0.2) is 0 Å². The number of phenolic OH excluding ortho intramolecular Hbond substituents is 1. The first-order chi connectivity index (χ1) is 7.56. The summed E-state index contributed by atoms with van der Waals surface area (Å²) >= 11 is 9.14. The zero-order chi connectivity index (χ0) is 11.7. The van der Waals surface area contributed by atoms with Crippen molar-refractivity contribution < 1.29 is 9.90 Å². The number of carbonyl (C=O) groups excluding carboxylic acids is 1. The summed E-state index contributed by atoms with van der Waals surface area (Å²) in [7, 11) is 0.